The Kier molecular flexibility index (Phi) is 7.81. The summed E-state index contributed by atoms with van der Waals surface area (Å²) in [5, 5.41) is 12.5. The Morgan fingerprint density at radius 1 is 1.09 bits per heavy atom. The van der Waals surface area contributed by atoms with Gasteiger partial charge in [0.05, 0.1) is 11.3 Å². The van der Waals surface area contributed by atoms with E-state index in [9.17, 15) is 9.18 Å². The lowest BCUT2D eigenvalue weighted by molar-refractivity contribution is -0.120. The van der Waals surface area contributed by atoms with Crippen LogP contribution in [0.25, 0.3) is 11.4 Å². The minimum Gasteiger partial charge on any atom is -0.352 e. The second-order valence-corrected chi connectivity index (χ2v) is 9.85. The van der Waals surface area contributed by atoms with Crippen LogP contribution < -0.4 is 5.32 Å². The van der Waals surface area contributed by atoms with Gasteiger partial charge in [0.2, 0.25) is 5.91 Å². The molecule has 1 N–H and O–H groups in total. The molecule has 3 atom stereocenters. The first-order valence-corrected chi connectivity index (χ1v) is 12.7. The van der Waals surface area contributed by atoms with Crippen molar-refractivity contribution in [2.24, 2.45) is 11.8 Å². The average molecular weight is 467 g/mol. The Hall–Kier alpha value is -2.67. The van der Waals surface area contributed by atoms with Crippen LogP contribution in [0.15, 0.2) is 59.8 Å². The largest absolute Gasteiger partial charge is 0.352 e. The maximum absolute atomic E-state index is 14.5. The van der Waals surface area contributed by atoms with Crippen molar-refractivity contribution < 1.29 is 9.18 Å². The number of amides is 1. The van der Waals surface area contributed by atoms with Gasteiger partial charge in [0.25, 0.3) is 0 Å². The summed E-state index contributed by atoms with van der Waals surface area (Å²) in [6, 6.07) is 17.0. The molecular formula is C26H31FN4OS. The monoisotopic (exact) mass is 466 g/mol. The normalized spacial score (nSPS) is 20.5. The molecule has 0 aliphatic heterocycles. The maximum Gasteiger partial charge on any atom is 0.230 e. The average Bonchev–Trinajstić information content (AvgIpc) is 3.23. The van der Waals surface area contributed by atoms with Crippen molar-refractivity contribution in [1.29, 1.82) is 0 Å². The number of hydrogen-bond donors (Lipinski definition) is 1. The Balaban J connectivity index is 1.48. The molecule has 3 aromatic rings. The van der Waals surface area contributed by atoms with Gasteiger partial charge in [0.15, 0.2) is 11.0 Å². The molecule has 1 amide bonds. The number of aryl methyl sites for hydroxylation is 1. The summed E-state index contributed by atoms with van der Waals surface area (Å²) in [5.74, 6) is 1.53. The van der Waals surface area contributed by atoms with Gasteiger partial charge in [-0.1, -0.05) is 80.9 Å². The molecular weight excluding hydrogens is 435 g/mol. The van der Waals surface area contributed by atoms with Crippen LogP contribution in [-0.4, -0.2) is 32.5 Å². The van der Waals surface area contributed by atoms with E-state index in [0.29, 0.717) is 34.9 Å². The Bertz CT molecular complexity index is 1070. The van der Waals surface area contributed by atoms with E-state index >= 15 is 0 Å². The molecule has 2 aromatic carbocycles. The summed E-state index contributed by atoms with van der Waals surface area (Å²) in [4.78, 5) is 12.7. The number of carbonyl (C=O) groups is 1. The van der Waals surface area contributed by atoms with E-state index in [1.54, 1.807) is 18.2 Å². The zero-order valence-corrected chi connectivity index (χ0v) is 20.0. The fourth-order valence-electron chi connectivity index (χ4n) is 4.49. The number of halogens is 1. The number of benzene rings is 2. The van der Waals surface area contributed by atoms with Crippen molar-refractivity contribution in [2.45, 2.75) is 57.3 Å². The van der Waals surface area contributed by atoms with Crippen LogP contribution in [0, 0.1) is 17.7 Å². The molecule has 4 rings (SSSR count). The highest BCUT2D eigenvalue weighted by atomic mass is 32.2. The van der Waals surface area contributed by atoms with Gasteiger partial charge in [-0.15, -0.1) is 10.2 Å². The number of hydrogen-bond acceptors (Lipinski definition) is 4. The molecule has 1 aliphatic rings. The van der Waals surface area contributed by atoms with Gasteiger partial charge in [-0.25, -0.2) is 4.39 Å². The summed E-state index contributed by atoms with van der Waals surface area (Å²) in [6.45, 7) is 5.09. The second-order valence-electron chi connectivity index (χ2n) is 8.90. The quantitative estimate of drug-likeness (QED) is 0.454. The highest BCUT2D eigenvalue weighted by Gasteiger charge is 2.28. The second kappa shape index (κ2) is 11.0. The van der Waals surface area contributed by atoms with Gasteiger partial charge >= 0.3 is 0 Å². The fourth-order valence-corrected chi connectivity index (χ4v) is 5.26. The van der Waals surface area contributed by atoms with Crippen molar-refractivity contribution >= 4 is 17.7 Å². The number of carbonyl (C=O) groups excluding carboxylic acids is 1. The van der Waals surface area contributed by atoms with E-state index < -0.39 is 0 Å². The molecule has 7 heteroatoms. The zero-order chi connectivity index (χ0) is 23.2. The highest BCUT2D eigenvalue weighted by molar-refractivity contribution is 7.99. The van der Waals surface area contributed by atoms with Crippen LogP contribution in [0.2, 0.25) is 0 Å². The Morgan fingerprint density at radius 3 is 2.64 bits per heavy atom. The smallest absolute Gasteiger partial charge is 0.230 e. The third kappa shape index (κ3) is 5.82. The molecule has 0 unspecified atom stereocenters. The minimum atomic E-state index is -0.333. The van der Waals surface area contributed by atoms with Gasteiger partial charge in [0.1, 0.15) is 5.82 Å². The van der Waals surface area contributed by atoms with Crippen LogP contribution in [0.5, 0.6) is 0 Å². The predicted molar refractivity (Wildman–Crippen MR) is 130 cm³/mol. The summed E-state index contributed by atoms with van der Waals surface area (Å²) >= 11 is 1.36. The van der Waals surface area contributed by atoms with E-state index in [-0.39, 0.29) is 23.5 Å². The predicted octanol–water partition coefficient (Wildman–Crippen LogP) is 5.36. The van der Waals surface area contributed by atoms with Crippen molar-refractivity contribution in [1.82, 2.24) is 20.1 Å². The maximum atomic E-state index is 14.5. The number of thioether (sulfide) groups is 1. The first-order valence-electron chi connectivity index (χ1n) is 11.7. The first kappa shape index (κ1) is 23.5. The number of nitrogens with zero attached hydrogens (tertiary/aromatic N) is 3. The highest BCUT2D eigenvalue weighted by Crippen LogP contribution is 2.30. The molecule has 5 nitrogen and oxygen atoms in total. The van der Waals surface area contributed by atoms with Gasteiger partial charge in [-0.3, -0.25) is 4.79 Å². The molecule has 0 spiro atoms. The Labute approximate surface area is 199 Å². The van der Waals surface area contributed by atoms with Crippen LogP contribution in [0.4, 0.5) is 4.39 Å². The SMILES string of the molecule is C[C@@H]1[C@@H](C)CCC[C@H]1NC(=O)CSc1nnc(-c2ccccc2F)n1CCc1ccccc1. The topological polar surface area (TPSA) is 59.8 Å². The molecule has 1 aromatic heterocycles. The minimum absolute atomic E-state index is 0.0102. The number of rotatable bonds is 8. The van der Waals surface area contributed by atoms with Crippen molar-refractivity contribution in [3.63, 3.8) is 0 Å². The van der Waals surface area contributed by atoms with Crippen molar-refractivity contribution in [3.05, 3.63) is 66.0 Å². The van der Waals surface area contributed by atoms with E-state index in [1.807, 2.05) is 22.8 Å². The van der Waals surface area contributed by atoms with Gasteiger partial charge in [-0.2, -0.15) is 0 Å². The molecule has 0 bridgehead atoms. The van der Waals surface area contributed by atoms with Crippen LogP contribution in [0.3, 0.4) is 0 Å². The van der Waals surface area contributed by atoms with Crippen LogP contribution >= 0.6 is 11.8 Å². The molecule has 1 aliphatic carbocycles. The molecule has 0 radical (unpaired) electrons. The van der Waals surface area contributed by atoms with Gasteiger partial charge in [0, 0.05) is 12.6 Å². The third-order valence-corrected chi connectivity index (χ3v) is 7.65. The molecule has 1 fully saturated rings. The van der Waals surface area contributed by atoms with E-state index in [0.717, 1.165) is 19.3 Å². The molecule has 1 heterocycles. The first-order chi connectivity index (χ1) is 16.0. The summed E-state index contributed by atoms with van der Waals surface area (Å²) in [7, 11) is 0. The summed E-state index contributed by atoms with van der Waals surface area (Å²) in [5.41, 5.74) is 1.60. The van der Waals surface area contributed by atoms with Crippen molar-refractivity contribution in [3.8, 4) is 11.4 Å². The van der Waals surface area contributed by atoms with Crippen LogP contribution in [-0.2, 0) is 17.8 Å². The van der Waals surface area contributed by atoms with Gasteiger partial charge < -0.3 is 9.88 Å². The van der Waals surface area contributed by atoms with Crippen LogP contribution in [0.1, 0.15) is 38.7 Å². The lowest BCUT2D eigenvalue weighted by Crippen LogP contribution is -2.44. The van der Waals surface area contributed by atoms with E-state index in [4.69, 9.17) is 0 Å². The molecule has 1 saturated carbocycles. The molecule has 0 saturated heterocycles. The number of aromatic nitrogens is 3. The molecule has 174 valence electrons. The standard InChI is InChI=1S/C26H31FN4OS/c1-18-9-8-14-23(19(18)2)28-24(32)17-33-26-30-29-25(21-12-6-7-13-22(21)27)31(26)16-15-20-10-4-3-5-11-20/h3-7,10-13,18-19,23H,8-9,14-17H2,1-2H3,(H,28,32)/t18-,19+,23+/m0/s1. The van der Waals surface area contributed by atoms with E-state index in [1.165, 1.54) is 29.8 Å². The lowest BCUT2D eigenvalue weighted by Gasteiger charge is -2.34. The zero-order valence-electron chi connectivity index (χ0n) is 19.2. The lowest BCUT2D eigenvalue weighted by atomic mass is 9.78. The Morgan fingerprint density at radius 2 is 1.85 bits per heavy atom. The van der Waals surface area contributed by atoms with Gasteiger partial charge in [-0.05, 0) is 42.4 Å². The molecule has 33 heavy (non-hydrogen) atoms. The summed E-state index contributed by atoms with van der Waals surface area (Å²) in [6.07, 6.45) is 4.18. The third-order valence-electron chi connectivity index (χ3n) is 6.68. The van der Waals surface area contributed by atoms with E-state index in [2.05, 4.69) is 41.5 Å². The fraction of sp³-hybridized carbons (Fsp3) is 0.423. The summed E-state index contributed by atoms with van der Waals surface area (Å²) < 4.78 is 16.4. The number of nitrogens with one attached hydrogen (secondary N) is 1. The van der Waals surface area contributed by atoms with Crippen molar-refractivity contribution in [2.75, 3.05) is 5.75 Å².